The second-order valence-corrected chi connectivity index (χ2v) is 5.53. The number of amidine groups is 1. The fourth-order valence-electron chi connectivity index (χ4n) is 1.63. The van der Waals surface area contributed by atoms with Crippen LogP contribution in [0.25, 0.3) is 0 Å². The molecule has 1 aliphatic rings. The number of benzene rings is 1. The molecule has 0 unspecified atom stereocenters. The van der Waals surface area contributed by atoms with E-state index >= 15 is 0 Å². The summed E-state index contributed by atoms with van der Waals surface area (Å²) < 4.78 is 1.83. The van der Waals surface area contributed by atoms with Crippen LogP contribution < -0.4 is 15.6 Å². The van der Waals surface area contributed by atoms with Crippen LogP contribution in [0.5, 0.6) is 0 Å². The smallest absolute Gasteiger partial charge is 0.314 e. The Hall–Kier alpha value is -0.880. The molecule has 0 aliphatic carbocycles. The van der Waals surface area contributed by atoms with Gasteiger partial charge >= 0.3 is 11.7 Å². The van der Waals surface area contributed by atoms with Crippen LogP contribution in [-0.2, 0) is 4.79 Å². The van der Waals surface area contributed by atoms with E-state index in [9.17, 15) is 4.79 Å². The Bertz CT molecular complexity index is 476. The maximum Gasteiger partial charge on any atom is 0.337 e. The molecule has 3 N–H and O–H groups in total. The lowest BCUT2D eigenvalue weighted by Gasteiger charge is -2.09. The molecule has 0 aromatic heterocycles. The number of hydrogen-bond acceptors (Lipinski definition) is 2. The van der Waals surface area contributed by atoms with Crippen molar-refractivity contribution in [3.8, 4) is 0 Å². The van der Waals surface area contributed by atoms with Gasteiger partial charge in [0, 0.05) is 8.95 Å². The normalized spacial score (nSPS) is 14.2. The summed E-state index contributed by atoms with van der Waals surface area (Å²) in [6.45, 7) is 3.51. The summed E-state index contributed by atoms with van der Waals surface area (Å²) in [6.07, 6.45) is 0. The van der Waals surface area contributed by atoms with Crippen molar-refractivity contribution in [2.45, 2.75) is 6.92 Å². The van der Waals surface area contributed by atoms with Gasteiger partial charge in [-0.25, -0.2) is 0 Å². The Balaban J connectivity index is 2.21. The molecular formula is C11H12Br2N3O+. The first-order valence-corrected chi connectivity index (χ1v) is 6.78. The molecule has 0 fully saturated rings. The van der Waals surface area contributed by atoms with Gasteiger partial charge in [0.25, 0.3) is 0 Å². The van der Waals surface area contributed by atoms with Crippen molar-refractivity contribution < 1.29 is 9.79 Å². The molecule has 90 valence electrons. The first-order valence-electron chi connectivity index (χ1n) is 5.19. The predicted octanol–water partition coefficient (Wildman–Crippen LogP) is 0.541. The fourth-order valence-corrected chi connectivity index (χ4v) is 3.17. The van der Waals surface area contributed by atoms with E-state index in [0.29, 0.717) is 5.84 Å². The highest BCUT2D eigenvalue weighted by molar-refractivity contribution is 9.11. The molecule has 0 atom stereocenters. The number of carbonyl (C=O) groups excluding carboxylic acids is 1. The monoisotopic (exact) mass is 360 g/mol. The second-order valence-electron chi connectivity index (χ2n) is 3.76. The lowest BCUT2D eigenvalue weighted by atomic mass is 10.2. The van der Waals surface area contributed by atoms with E-state index in [2.05, 4.69) is 47.5 Å². The predicted molar refractivity (Wildman–Crippen MR) is 74.0 cm³/mol. The Morgan fingerprint density at radius 1 is 1.47 bits per heavy atom. The molecule has 1 heterocycles. The van der Waals surface area contributed by atoms with Gasteiger partial charge in [-0.05, 0) is 40.5 Å². The van der Waals surface area contributed by atoms with E-state index in [-0.39, 0.29) is 5.91 Å². The van der Waals surface area contributed by atoms with E-state index in [1.807, 2.05) is 19.1 Å². The minimum atomic E-state index is -0.145. The summed E-state index contributed by atoms with van der Waals surface area (Å²) in [7, 11) is 0. The number of halogens is 2. The van der Waals surface area contributed by atoms with Gasteiger partial charge < -0.3 is 5.32 Å². The van der Waals surface area contributed by atoms with Gasteiger partial charge in [0.05, 0.1) is 5.69 Å². The van der Waals surface area contributed by atoms with E-state index < -0.39 is 0 Å². The van der Waals surface area contributed by atoms with Gasteiger partial charge in [0.15, 0.2) is 0 Å². The standard InChI is InChI=1S/C11H11Br2N3O/c1-6-4-7(12)5-8(13)9(6)16-11(17)10-14-2-3-15-10/h4-5H,2-3H2,1H3,(H,14,15)(H,16,17)/p+1. The van der Waals surface area contributed by atoms with E-state index in [4.69, 9.17) is 0 Å². The van der Waals surface area contributed by atoms with Crippen molar-refractivity contribution in [3.05, 3.63) is 26.6 Å². The maximum atomic E-state index is 11.9. The lowest BCUT2D eigenvalue weighted by Crippen LogP contribution is -2.73. The highest BCUT2D eigenvalue weighted by Gasteiger charge is 2.22. The summed E-state index contributed by atoms with van der Waals surface area (Å²) in [6, 6.07) is 3.86. The van der Waals surface area contributed by atoms with Crippen molar-refractivity contribution in [1.29, 1.82) is 0 Å². The van der Waals surface area contributed by atoms with Gasteiger partial charge in [-0.1, -0.05) is 15.9 Å². The summed E-state index contributed by atoms with van der Waals surface area (Å²) in [5, 5.41) is 5.87. The zero-order valence-electron chi connectivity index (χ0n) is 9.23. The van der Waals surface area contributed by atoms with Gasteiger partial charge in [0.2, 0.25) is 0 Å². The number of amides is 1. The minimum Gasteiger partial charge on any atom is -0.314 e. The van der Waals surface area contributed by atoms with Crippen LogP contribution in [-0.4, -0.2) is 24.8 Å². The average Bonchev–Trinajstić information content (AvgIpc) is 2.76. The third-order valence-electron chi connectivity index (χ3n) is 2.45. The van der Waals surface area contributed by atoms with Crippen molar-refractivity contribution in [2.75, 3.05) is 18.4 Å². The number of aryl methyl sites for hydroxylation is 1. The van der Waals surface area contributed by atoms with Crippen LogP contribution in [0, 0.1) is 6.92 Å². The molecule has 1 aromatic rings. The van der Waals surface area contributed by atoms with E-state index in [1.165, 1.54) is 0 Å². The highest BCUT2D eigenvalue weighted by Crippen LogP contribution is 2.30. The molecule has 0 radical (unpaired) electrons. The van der Waals surface area contributed by atoms with Crippen LogP contribution in [0.3, 0.4) is 0 Å². The number of carbonyl (C=O) groups is 1. The Labute approximate surface area is 116 Å². The summed E-state index contributed by atoms with van der Waals surface area (Å²) in [4.78, 5) is 14.9. The van der Waals surface area contributed by atoms with Crippen LogP contribution in [0.4, 0.5) is 5.69 Å². The van der Waals surface area contributed by atoms with Crippen molar-refractivity contribution in [2.24, 2.45) is 0 Å². The lowest BCUT2D eigenvalue weighted by molar-refractivity contribution is -0.443. The highest BCUT2D eigenvalue weighted by atomic mass is 79.9. The fraction of sp³-hybridized carbons (Fsp3) is 0.273. The van der Waals surface area contributed by atoms with Gasteiger partial charge in [-0.15, -0.1) is 0 Å². The van der Waals surface area contributed by atoms with Crippen LogP contribution in [0.1, 0.15) is 5.56 Å². The molecule has 0 spiro atoms. The average molecular weight is 362 g/mol. The SMILES string of the molecule is Cc1cc(Br)cc(Br)c1NC(=O)C1=[NH+]CCN1. The third kappa shape index (κ3) is 2.87. The number of hydrogen-bond donors (Lipinski definition) is 3. The Kier molecular flexibility index (Phi) is 3.83. The Morgan fingerprint density at radius 3 is 2.82 bits per heavy atom. The molecule has 0 saturated heterocycles. The molecule has 4 nitrogen and oxygen atoms in total. The third-order valence-corrected chi connectivity index (χ3v) is 3.53. The largest absolute Gasteiger partial charge is 0.337 e. The topological polar surface area (TPSA) is 55.1 Å². The first kappa shape index (κ1) is 12.6. The quantitative estimate of drug-likeness (QED) is 0.720. The molecular weight excluding hydrogens is 350 g/mol. The zero-order chi connectivity index (χ0) is 12.4. The Morgan fingerprint density at radius 2 is 2.24 bits per heavy atom. The molecule has 6 heteroatoms. The van der Waals surface area contributed by atoms with Crippen LogP contribution in [0.15, 0.2) is 21.1 Å². The van der Waals surface area contributed by atoms with Crippen molar-refractivity contribution >= 4 is 49.3 Å². The molecule has 1 aliphatic heterocycles. The second kappa shape index (κ2) is 5.18. The molecule has 1 aromatic carbocycles. The maximum absolute atomic E-state index is 11.9. The minimum absolute atomic E-state index is 0.145. The summed E-state index contributed by atoms with van der Waals surface area (Å²) in [5.41, 5.74) is 1.79. The van der Waals surface area contributed by atoms with Crippen LogP contribution in [0.2, 0.25) is 0 Å². The van der Waals surface area contributed by atoms with Crippen LogP contribution >= 0.6 is 31.9 Å². The molecule has 0 bridgehead atoms. The number of rotatable bonds is 2. The molecule has 17 heavy (non-hydrogen) atoms. The molecule has 1 amide bonds. The number of anilines is 1. The van der Waals surface area contributed by atoms with Gasteiger partial charge in [-0.3, -0.25) is 15.1 Å². The van der Waals surface area contributed by atoms with E-state index in [1.54, 1.807) is 0 Å². The summed E-state index contributed by atoms with van der Waals surface area (Å²) in [5.74, 6) is 0.382. The van der Waals surface area contributed by atoms with Gasteiger partial charge in [0.1, 0.15) is 13.1 Å². The first-order chi connectivity index (χ1) is 8.08. The number of nitrogens with one attached hydrogen (secondary N) is 3. The van der Waals surface area contributed by atoms with E-state index in [0.717, 1.165) is 33.3 Å². The van der Waals surface area contributed by atoms with Gasteiger partial charge in [-0.2, -0.15) is 0 Å². The zero-order valence-corrected chi connectivity index (χ0v) is 12.4. The summed E-state index contributed by atoms with van der Waals surface area (Å²) >= 11 is 6.85. The van der Waals surface area contributed by atoms with Crippen molar-refractivity contribution in [1.82, 2.24) is 5.32 Å². The van der Waals surface area contributed by atoms with Crippen molar-refractivity contribution in [3.63, 3.8) is 0 Å². The molecule has 0 saturated carbocycles. The molecule has 2 rings (SSSR count).